The van der Waals surface area contributed by atoms with Crippen molar-refractivity contribution in [3.63, 3.8) is 0 Å². The van der Waals surface area contributed by atoms with Gasteiger partial charge in [0.25, 0.3) is 0 Å². The average molecular weight is 305 g/mol. The Bertz CT molecular complexity index is 360. The molecule has 0 aliphatic rings. The van der Waals surface area contributed by atoms with Crippen molar-refractivity contribution in [2.45, 2.75) is 32.4 Å². The molecule has 0 radical (unpaired) electrons. The Balaban J connectivity index is 2.40. The summed E-state index contributed by atoms with van der Waals surface area (Å²) in [5.41, 5.74) is 0.528. The van der Waals surface area contributed by atoms with Crippen LogP contribution in [0.25, 0.3) is 0 Å². The first-order chi connectivity index (χ1) is 7.42. The fourth-order valence-electron chi connectivity index (χ4n) is 1.13. The SMILES string of the molecule is C[Si](C)(C)CCOCn1nc(Br)cc1C=O. The van der Waals surface area contributed by atoms with E-state index in [1.165, 1.54) is 0 Å². The molecule has 0 aliphatic carbocycles. The van der Waals surface area contributed by atoms with Crippen molar-refractivity contribution in [2.75, 3.05) is 6.61 Å². The zero-order valence-corrected chi connectivity index (χ0v) is 12.5. The Morgan fingerprint density at radius 3 is 2.81 bits per heavy atom. The summed E-state index contributed by atoms with van der Waals surface area (Å²) in [6.45, 7) is 7.97. The highest BCUT2D eigenvalue weighted by Gasteiger charge is 2.12. The van der Waals surface area contributed by atoms with Gasteiger partial charge < -0.3 is 4.74 Å². The molecule has 16 heavy (non-hydrogen) atoms. The molecule has 1 rings (SSSR count). The van der Waals surface area contributed by atoms with E-state index in [0.717, 1.165) is 18.9 Å². The maximum Gasteiger partial charge on any atom is 0.168 e. The number of carbonyl (C=O) groups is 1. The van der Waals surface area contributed by atoms with Crippen molar-refractivity contribution in [1.29, 1.82) is 0 Å². The van der Waals surface area contributed by atoms with E-state index in [2.05, 4.69) is 40.7 Å². The van der Waals surface area contributed by atoms with Crippen LogP contribution in [0.4, 0.5) is 0 Å². The summed E-state index contributed by atoms with van der Waals surface area (Å²) < 4.78 is 7.72. The second-order valence-corrected chi connectivity index (χ2v) is 11.3. The van der Waals surface area contributed by atoms with Gasteiger partial charge in [-0.3, -0.25) is 4.79 Å². The Morgan fingerprint density at radius 1 is 1.56 bits per heavy atom. The standard InChI is InChI=1S/C10H17BrN2O2Si/c1-16(2,3)5-4-15-8-13-9(7-14)6-10(11)12-13/h6-7H,4-5,8H2,1-3H3. The number of ether oxygens (including phenoxy) is 1. The highest BCUT2D eigenvalue weighted by atomic mass is 79.9. The summed E-state index contributed by atoms with van der Waals surface area (Å²) in [5, 5.41) is 4.10. The largest absolute Gasteiger partial charge is 0.360 e. The number of rotatable bonds is 6. The zero-order valence-electron chi connectivity index (χ0n) is 9.86. The molecule has 0 atom stereocenters. The number of nitrogens with zero attached hydrogens (tertiary/aromatic N) is 2. The van der Waals surface area contributed by atoms with Gasteiger partial charge in [0.1, 0.15) is 17.0 Å². The number of aromatic nitrogens is 2. The normalized spacial score (nSPS) is 11.8. The van der Waals surface area contributed by atoms with E-state index in [1.54, 1.807) is 10.7 Å². The lowest BCUT2D eigenvalue weighted by molar-refractivity contribution is 0.0751. The molecular formula is C10H17BrN2O2Si. The number of carbonyl (C=O) groups excluding carboxylic acids is 1. The van der Waals surface area contributed by atoms with Crippen LogP contribution in [-0.4, -0.2) is 30.7 Å². The third kappa shape index (κ3) is 4.59. The van der Waals surface area contributed by atoms with Gasteiger partial charge in [-0.2, -0.15) is 5.10 Å². The van der Waals surface area contributed by atoms with Crippen molar-refractivity contribution in [1.82, 2.24) is 9.78 Å². The second-order valence-electron chi connectivity index (χ2n) is 4.86. The fourth-order valence-corrected chi connectivity index (χ4v) is 2.31. The van der Waals surface area contributed by atoms with Crippen LogP contribution < -0.4 is 0 Å². The van der Waals surface area contributed by atoms with E-state index in [9.17, 15) is 4.79 Å². The molecule has 0 amide bonds. The molecular weight excluding hydrogens is 288 g/mol. The predicted molar refractivity (Wildman–Crippen MR) is 69.4 cm³/mol. The van der Waals surface area contributed by atoms with Crippen molar-refractivity contribution in [3.05, 3.63) is 16.4 Å². The van der Waals surface area contributed by atoms with Gasteiger partial charge >= 0.3 is 0 Å². The summed E-state index contributed by atoms with van der Waals surface area (Å²) >= 11 is 3.23. The Morgan fingerprint density at radius 2 is 2.25 bits per heavy atom. The van der Waals surface area contributed by atoms with Gasteiger partial charge in [0, 0.05) is 20.7 Å². The lowest BCUT2D eigenvalue weighted by Crippen LogP contribution is -2.22. The summed E-state index contributed by atoms with van der Waals surface area (Å²) in [5.74, 6) is 0. The highest BCUT2D eigenvalue weighted by molar-refractivity contribution is 9.10. The number of hydrogen-bond donors (Lipinski definition) is 0. The van der Waals surface area contributed by atoms with Crippen LogP contribution in [0, 0.1) is 0 Å². The molecule has 6 heteroatoms. The Labute approximate surface area is 105 Å². The van der Waals surface area contributed by atoms with Crippen LogP contribution in [-0.2, 0) is 11.5 Å². The van der Waals surface area contributed by atoms with Crippen LogP contribution in [0.2, 0.25) is 25.7 Å². The van der Waals surface area contributed by atoms with Crippen molar-refractivity contribution < 1.29 is 9.53 Å². The minimum absolute atomic E-state index is 0.337. The Hall–Kier alpha value is -0.463. The summed E-state index contributed by atoms with van der Waals surface area (Å²) in [6, 6.07) is 2.79. The van der Waals surface area contributed by atoms with E-state index in [0.29, 0.717) is 17.0 Å². The molecule has 0 aromatic carbocycles. The summed E-state index contributed by atoms with van der Waals surface area (Å²) in [7, 11) is -1.05. The van der Waals surface area contributed by atoms with Gasteiger partial charge in [0.05, 0.1) is 0 Å². The third-order valence-electron chi connectivity index (χ3n) is 2.11. The van der Waals surface area contributed by atoms with E-state index < -0.39 is 8.07 Å². The Kier molecular flexibility index (Phi) is 4.88. The van der Waals surface area contributed by atoms with Gasteiger partial charge in [-0.25, -0.2) is 4.68 Å². The topological polar surface area (TPSA) is 44.1 Å². The molecule has 1 heterocycles. The molecule has 0 bridgehead atoms. The molecule has 0 saturated carbocycles. The number of aldehydes is 1. The van der Waals surface area contributed by atoms with Gasteiger partial charge in [-0.05, 0) is 22.0 Å². The van der Waals surface area contributed by atoms with Gasteiger partial charge in [0.2, 0.25) is 0 Å². The fraction of sp³-hybridized carbons (Fsp3) is 0.600. The van der Waals surface area contributed by atoms with E-state index >= 15 is 0 Å². The van der Waals surface area contributed by atoms with Crippen LogP contribution in [0.1, 0.15) is 10.5 Å². The maximum absolute atomic E-state index is 10.7. The van der Waals surface area contributed by atoms with E-state index in [-0.39, 0.29) is 0 Å². The van der Waals surface area contributed by atoms with Gasteiger partial charge in [-0.15, -0.1) is 0 Å². The van der Waals surface area contributed by atoms with Crippen LogP contribution in [0.3, 0.4) is 0 Å². The molecule has 0 fully saturated rings. The molecule has 0 unspecified atom stereocenters. The lowest BCUT2D eigenvalue weighted by atomic mass is 10.5. The molecule has 4 nitrogen and oxygen atoms in total. The summed E-state index contributed by atoms with van der Waals surface area (Å²) in [6.07, 6.45) is 0.777. The lowest BCUT2D eigenvalue weighted by Gasteiger charge is -2.15. The molecule has 0 saturated heterocycles. The first-order valence-corrected chi connectivity index (χ1v) is 9.69. The van der Waals surface area contributed by atoms with Gasteiger partial charge in [0.15, 0.2) is 6.29 Å². The molecule has 0 N–H and O–H groups in total. The minimum Gasteiger partial charge on any atom is -0.360 e. The smallest absolute Gasteiger partial charge is 0.168 e. The van der Waals surface area contributed by atoms with Crippen LogP contribution in [0.15, 0.2) is 10.7 Å². The summed E-state index contributed by atoms with van der Waals surface area (Å²) in [4.78, 5) is 10.7. The molecule has 90 valence electrons. The van der Waals surface area contributed by atoms with Crippen molar-refractivity contribution in [3.8, 4) is 0 Å². The average Bonchev–Trinajstić information content (AvgIpc) is 2.52. The molecule has 0 aliphatic heterocycles. The molecule has 0 spiro atoms. The minimum atomic E-state index is -1.05. The van der Waals surface area contributed by atoms with Crippen molar-refractivity contribution in [2.24, 2.45) is 0 Å². The number of halogens is 1. The first-order valence-electron chi connectivity index (χ1n) is 5.19. The van der Waals surface area contributed by atoms with Gasteiger partial charge in [-0.1, -0.05) is 19.6 Å². The number of hydrogen-bond acceptors (Lipinski definition) is 3. The van der Waals surface area contributed by atoms with E-state index in [1.807, 2.05) is 0 Å². The van der Waals surface area contributed by atoms with Crippen LogP contribution in [0.5, 0.6) is 0 Å². The maximum atomic E-state index is 10.7. The predicted octanol–water partition coefficient (Wildman–Crippen LogP) is 2.77. The second kappa shape index (κ2) is 5.74. The van der Waals surface area contributed by atoms with Crippen LogP contribution >= 0.6 is 15.9 Å². The zero-order chi connectivity index (χ0) is 12.2. The third-order valence-corrected chi connectivity index (χ3v) is 4.20. The quantitative estimate of drug-likeness (QED) is 0.461. The molecule has 1 aromatic heterocycles. The van der Waals surface area contributed by atoms with Crippen molar-refractivity contribution >= 4 is 30.3 Å². The van der Waals surface area contributed by atoms with E-state index in [4.69, 9.17) is 4.74 Å². The highest BCUT2D eigenvalue weighted by Crippen LogP contribution is 2.10. The first kappa shape index (κ1) is 13.6. The molecule has 1 aromatic rings. The monoisotopic (exact) mass is 304 g/mol.